The van der Waals surface area contributed by atoms with Gasteiger partial charge in [0, 0.05) is 31.9 Å². The molecule has 2 aromatic rings. The normalized spacial score (nSPS) is 19.8. The SMILES string of the molecule is O=C1Nc2ccccc2CNC12CCN(Cc1ccc(C(F)(F)F)cc1)CC2. The number of alkyl halides is 3. The number of nitrogens with zero attached hydrogens (tertiary/aromatic N) is 1. The Morgan fingerprint density at radius 1 is 1.00 bits per heavy atom. The van der Waals surface area contributed by atoms with Gasteiger partial charge in [-0.05, 0) is 42.2 Å². The van der Waals surface area contributed by atoms with Gasteiger partial charge in [0.1, 0.15) is 5.54 Å². The molecule has 0 radical (unpaired) electrons. The number of hydrogen-bond donors (Lipinski definition) is 2. The molecule has 0 saturated carbocycles. The highest BCUT2D eigenvalue weighted by atomic mass is 19.4. The number of amides is 1. The van der Waals surface area contributed by atoms with E-state index in [4.69, 9.17) is 0 Å². The van der Waals surface area contributed by atoms with Gasteiger partial charge in [0.2, 0.25) is 5.91 Å². The summed E-state index contributed by atoms with van der Waals surface area (Å²) in [6.07, 6.45) is -2.99. The second kappa shape index (κ2) is 7.22. The highest BCUT2D eigenvalue weighted by Crippen LogP contribution is 2.31. The van der Waals surface area contributed by atoms with E-state index < -0.39 is 17.3 Å². The van der Waals surface area contributed by atoms with Crippen LogP contribution in [-0.4, -0.2) is 29.4 Å². The fourth-order valence-electron chi connectivity index (χ4n) is 3.94. The highest BCUT2D eigenvalue weighted by Gasteiger charge is 2.42. The second-order valence-electron chi connectivity index (χ2n) is 7.52. The summed E-state index contributed by atoms with van der Waals surface area (Å²) in [6.45, 7) is 2.62. The van der Waals surface area contributed by atoms with Crippen molar-refractivity contribution in [1.82, 2.24) is 10.2 Å². The van der Waals surface area contributed by atoms with Crippen molar-refractivity contribution in [2.45, 2.75) is 37.6 Å². The van der Waals surface area contributed by atoms with Gasteiger partial charge in [-0.1, -0.05) is 30.3 Å². The summed E-state index contributed by atoms with van der Waals surface area (Å²) in [5, 5.41) is 6.49. The minimum absolute atomic E-state index is 0.00775. The Morgan fingerprint density at radius 2 is 1.68 bits per heavy atom. The lowest BCUT2D eigenvalue weighted by Gasteiger charge is -2.40. The van der Waals surface area contributed by atoms with Crippen LogP contribution in [0.25, 0.3) is 0 Å². The number of hydrogen-bond acceptors (Lipinski definition) is 3. The topological polar surface area (TPSA) is 44.4 Å². The van der Waals surface area contributed by atoms with E-state index in [9.17, 15) is 18.0 Å². The van der Waals surface area contributed by atoms with Crippen LogP contribution in [0.2, 0.25) is 0 Å². The summed E-state index contributed by atoms with van der Waals surface area (Å²) in [4.78, 5) is 15.0. The largest absolute Gasteiger partial charge is 0.416 e. The Labute approximate surface area is 161 Å². The summed E-state index contributed by atoms with van der Waals surface area (Å²) in [7, 11) is 0. The van der Waals surface area contributed by atoms with Crippen LogP contribution < -0.4 is 10.6 Å². The first-order chi connectivity index (χ1) is 13.4. The first-order valence-corrected chi connectivity index (χ1v) is 9.39. The van der Waals surface area contributed by atoms with E-state index in [0.717, 1.165) is 28.9 Å². The zero-order chi connectivity index (χ0) is 19.8. The van der Waals surface area contributed by atoms with Gasteiger partial charge >= 0.3 is 6.18 Å². The average Bonchev–Trinajstić information content (AvgIpc) is 2.81. The van der Waals surface area contributed by atoms with Crippen molar-refractivity contribution in [3.63, 3.8) is 0 Å². The van der Waals surface area contributed by atoms with Crippen LogP contribution in [0.1, 0.15) is 29.5 Å². The fourth-order valence-corrected chi connectivity index (χ4v) is 3.94. The molecule has 1 fully saturated rings. The molecule has 1 amide bonds. The lowest BCUT2D eigenvalue weighted by Crippen LogP contribution is -2.58. The van der Waals surface area contributed by atoms with Gasteiger partial charge in [0.15, 0.2) is 0 Å². The number of anilines is 1. The maximum Gasteiger partial charge on any atom is 0.416 e. The summed E-state index contributed by atoms with van der Waals surface area (Å²) in [6, 6.07) is 13.1. The minimum atomic E-state index is -4.31. The molecule has 0 atom stereocenters. The standard InChI is InChI=1S/C21H22F3N3O/c22-21(23,24)17-7-5-15(6-8-17)14-27-11-9-20(10-12-27)19(28)26-18-4-2-1-3-16(18)13-25-20/h1-8,25H,9-14H2,(H,26,28). The zero-order valence-electron chi connectivity index (χ0n) is 15.4. The second-order valence-corrected chi connectivity index (χ2v) is 7.52. The zero-order valence-corrected chi connectivity index (χ0v) is 15.4. The lowest BCUT2D eigenvalue weighted by atomic mass is 9.86. The van der Waals surface area contributed by atoms with Crippen LogP contribution in [0.3, 0.4) is 0 Å². The lowest BCUT2D eigenvalue weighted by molar-refractivity contribution is -0.137. The van der Waals surface area contributed by atoms with E-state index in [0.29, 0.717) is 39.0 Å². The van der Waals surface area contributed by atoms with Crippen LogP contribution in [0.4, 0.5) is 18.9 Å². The number of rotatable bonds is 2. The number of piperidine rings is 1. The first kappa shape index (κ1) is 19.0. The van der Waals surface area contributed by atoms with E-state index >= 15 is 0 Å². The number of benzene rings is 2. The quantitative estimate of drug-likeness (QED) is 0.822. The molecule has 7 heteroatoms. The molecule has 0 aromatic heterocycles. The smallest absolute Gasteiger partial charge is 0.324 e. The molecule has 148 valence electrons. The van der Waals surface area contributed by atoms with Gasteiger partial charge < -0.3 is 5.32 Å². The van der Waals surface area contributed by atoms with Crippen molar-refractivity contribution in [1.29, 1.82) is 0 Å². The van der Waals surface area contributed by atoms with E-state index in [1.807, 2.05) is 24.3 Å². The van der Waals surface area contributed by atoms with Gasteiger partial charge in [0.25, 0.3) is 0 Å². The van der Waals surface area contributed by atoms with E-state index in [1.54, 1.807) is 0 Å². The predicted molar refractivity (Wildman–Crippen MR) is 101 cm³/mol. The molecule has 2 heterocycles. The van der Waals surface area contributed by atoms with Crippen LogP contribution in [-0.2, 0) is 24.1 Å². The van der Waals surface area contributed by atoms with Gasteiger partial charge in [-0.25, -0.2) is 0 Å². The van der Waals surface area contributed by atoms with Crippen molar-refractivity contribution in [3.8, 4) is 0 Å². The van der Waals surface area contributed by atoms with Crippen molar-refractivity contribution >= 4 is 11.6 Å². The van der Waals surface area contributed by atoms with Crippen molar-refractivity contribution in [2.24, 2.45) is 0 Å². The first-order valence-electron chi connectivity index (χ1n) is 9.39. The summed E-state index contributed by atoms with van der Waals surface area (Å²) < 4.78 is 38.1. The van der Waals surface area contributed by atoms with Crippen LogP contribution >= 0.6 is 0 Å². The number of carbonyl (C=O) groups excluding carboxylic acids is 1. The Morgan fingerprint density at radius 3 is 2.36 bits per heavy atom. The summed E-state index contributed by atoms with van der Waals surface area (Å²) in [5.74, 6) is -0.00775. The molecule has 2 aromatic carbocycles. The average molecular weight is 389 g/mol. The van der Waals surface area contributed by atoms with Gasteiger partial charge in [-0.2, -0.15) is 13.2 Å². The van der Waals surface area contributed by atoms with E-state index in [2.05, 4.69) is 15.5 Å². The third kappa shape index (κ3) is 3.77. The molecule has 1 saturated heterocycles. The number of nitrogens with one attached hydrogen (secondary N) is 2. The Balaban J connectivity index is 1.39. The monoisotopic (exact) mass is 389 g/mol. The molecule has 1 spiro atoms. The third-order valence-electron chi connectivity index (χ3n) is 5.71. The van der Waals surface area contributed by atoms with Crippen LogP contribution in [0.5, 0.6) is 0 Å². The molecule has 2 aliphatic heterocycles. The molecular formula is C21H22F3N3O. The number of fused-ring (bicyclic) bond motifs is 1. The molecule has 4 rings (SSSR count). The van der Waals surface area contributed by atoms with Crippen molar-refractivity contribution < 1.29 is 18.0 Å². The molecule has 0 unspecified atom stereocenters. The van der Waals surface area contributed by atoms with Gasteiger partial charge in [-0.3, -0.25) is 15.0 Å². The number of halogens is 3. The van der Waals surface area contributed by atoms with Gasteiger partial charge in [-0.15, -0.1) is 0 Å². The highest BCUT2D eigenvalue weighted by molar-refractivity contribution is 5.99. The molecule has 4 nitrogen and oxygen atoms in total. The molecule has 2 aliphatic rings. The predicted octanol–water partition coefficient (Wildman–Crippen LogP) is 3.78. The molecule has 2 N–H and O–H groups in total. The van der Waals surface area contributed by atoms with Crippen LogP contribution in [0, 0.1) is 0 Å². The van der Waals surface area contributed by atoms with Crippen LogP contribution in [0.15, 0.2) is 48.5 Å². The Kier molecular flexibility index (Phi) is 4.89. The van der Waals surface area contributed by atoms with Gasteiger partial charge in [0.05, 0.1) is 5.56 Å². The summed E-state index contributed by atoms with van der Waals surface area (Å²) >= 11 is 0. The Bertz CT molecular complexity index is 856. The number of para-hydroxylation sites is 1. The minimum Gasteiger partial charge on any atom is -0.324 e. The molecule has 0 bridgehead atoms. The number of carbonyl (C=O) groups is 1. The maximum atomic E-state index is 12.9. The fraction of sp³-hybridized carbons (Fsp3) is 0.381. The molecule has 0 aliphatic carbocycles. The third-order valence-corrected chi connectivity index (χ3v) is 5.71. The summed E-state index contributed by atoms with van der Waals surface area (Å²) in [5.41, 5.74) is 1.53. The molecular weight excluding hydrogens is 367 g/mol. The number of likely N-dealkylation sites (tertiary alicyclic amines) is 1. The van der Waals surface area contributed by atoms with E-state index in [1.165, 1.54) is 12.1 Å². The van der Waals surface area contributed by atoms with Crippen molar-refractivity contribution in [2.75, 3.05) is 18.4 Å². The van der Waals surface area contributed by atoms with E-state index in [-0.39, 0.29) is 5.91 Å². The maximum absolute atomic E-state index is 12.9. The Hall–Kier alpha value is -2.38. The van der Waals surface area contributed by atoms with Crippen molar-refractivity contribution in [3.05, 3.63) is 65.2 Å². The molecule has 28 heavy (non-hydrogen) atoms.